The number of aryl methyl sites for hydroxylation is 1. The number of nitrogens with one attached hydrogen (secondary N) is 1. The van der Waals surface area contributed by atoms with Gasteiger partial charge in [0.1, 0.15) is 0 Å². The van der Waals surface area contributed by atoms with Crippen LogP contribution in [-0.2, 0) is 26.0 Å². The van der Waals surface area contributed by atoms with Gasteiger partial charge in [0.15, 0.2) is 0 Å². The maximum absolute atomic E-state index is 12.3. The van der Waals surface area contributed by atoms with Crippen molar-refractivity contribution in [1.82, 2.24) is 4.31 Å². The van der Waals surface area contributed by atoms with Crippen LogP contribution in [0.1, 0.15) is 25.3 Å². The molecule has 1 saturated heterocycles. The third-order valence-electron chi connectivity index (χ3n) is 3.89. The summed E-state index contributed by atoms with van der Waals surface area (Å²) in [5, 5.41) is 2.80. The van der Waals surface area contributed by atoms with Crippen molar-refractivity contribution in [3.05, 3.63) is 29.8 Å². The lowest BCUT2D eigenvalue weighted by Gasteiger charge is -2.22. The number of rotatable bonds is 7. The van der Waals surface area contributed by atoms with Gasteiger partial charge in [-0.3, -0.25) is 4.79 Å². The number of carbonyl (C=O) groups excluding carboxylic acids is 1. The molecule has 1 aliphatic heterocycles. The van der Waals surface area contributed by atoms with Crippen LogP contribution in [0.5, 0.6) is 0 Å². The van der Waals surface area contributed by atoms with Gasteiger partial charge in [-0.25, -0.2) is 8.42 Å². The van der Waals surface area contributed by atoms with Crippen LogP contribution in [0.2, 0.25) is 0 Å². The summed E-state index contributed by atoms with van der Waals surface area (Å²) in [7, 11) is -3.46. The molecular formula is C16H24N2O4S. The van der Waals surface area contributed by atoms with E-state index in [9.17, 15) is 13.2 Å². The highest BCUT2D eigenvalue weighted by molar-refractivity contribution is 7.88. The van der Waals surface area contributed by atoms with Crippen molar-refractivity contribution in [2.24, 2.45) is 0 Å². The highest BCUT2D eigenvalue weighted by Crippen LogP contribution is 2.17. The van der Waals surface area contributed by atoms with E-state index < -0.39 is 10.0 Å². The number of ether oxygens (including phenoxy) is 1. The minimum atomic E-state index is -3.46. The van der Waals surface area contributed by atoms with Crippen LogP contribution in [0.3, 0.4) is 0 Å². The fraction of sp³-hybridized carbons (Fsp3) is 0.562. The van der Waals surface area contributed by atoms with Crippen molar-refractivity contribution in [2.75, 3.05) is 31.3 Å². The third-order valence-corrected chi connectivity index (χ3v) is 5.11. The summed E-state index contributed by atoms with van der Waals surface area (Å²) in [6.45, 7) is 2.68. The Morgan fingerprint density at radius 2 is 2.13 bits per heavy atom. The standard InChI is InChI=1S/C16H24N2O4S/c1-3-13-7-4-5-9-15(13)17-16(19)12-18(23(2,20)21)11-14-8-6-10-22-14/h4-5,7,9,14H,3,6,8,10-12H2,1-2H3,(H,17,19). The van der Waals surface area contributed by atoms with Gasteiger partial charge in [-0.05, 0) is 30.9 Å². The Kier molecular flexibility index (Phi) is 6.15. The van der Waals surface area contributed by atoms with Crippen LogP contribution >= 0.6 is 0 Å². The van der Waals surface area contributed by atoms with E-state index in [1.165, 1.54) is 4.31 Å². The van der Waals surface area contributed by atoms with E-state index in [2.05, 4.69) is 5.32 Å². The van der Waals surface area contributed by atoms with E-state index in [0.29, 0.717) is 6.61 Å². The van der Waals surface area contributed by atoms with Gasteiger partial charge in [0.25, 0.3) is 0 Å². The molecule has 0 saturated carbocycles. The fourth-order valence-corrected chi connectivity index (χ4v) is 3.42. The number of amides is 1. The quantitative estimate of drug-likeness (QED) is 0.818. The Morgan fingerprint density at radius 3 is 2.74 bits per heavy atom. The molecule has 0 aliphatic carbocycles. The summed E-state index contributed by atoms with van der Waals surface area (Å²) in [5.41, 5.74) is 1.75. The molecule has 1 N–H and O–H groups in total. The molecule has 0 aromatic heterocycles. The molecule has 1 fully saturated rings. The van der Waals surface area contributed by atoms with Crippen LogP contribution in [-0.4, -0.2) is 50.7 Å². The Labute approximate surface area is 137 Å². The third kappa shape index (κ3) is 5.30. The Morgan fingerprint density at radius 1 is 1.39 bits per heavy atom. The summed E-state index contributed by atoms with van der Waals surface area (Å²) < 4.78 is 30.5. The smallest absolute Gasteiger partial charge is 0.239 e. The van der Waals surface area contributed by atoms with Gasteiger partial charge in [0.05, 0.1) is 18.9 Å². The highest BCUT2D eigenvalue weighted by atomic mass is 32.2. The summed E-state index contributed by atoms with van der Waals surface area (Å²) in [4.78, 5) is 12.3. The lowest BCUT2D eigenvalue weighted by Crippen LogP contribution is -2.41. The first kappa shape index (κ1) is 17.9. The second-order valence-electron chi connectivity index (χ2n) is 5.75. The second kappa shape index (κ2) is 7.90. The second-order valence-corrected chi connectivity index (χ2v) is 7.73. The number of para-hydroxylation sites is 1. The zero-order valence-corrected chi connectivity index (χ0v) is 14.4. The zero-order chi connectivity index (χ0) is 16.9. The Hall–Kier alpha value is -1.44. The van der Waals surface area contributed by atoms with Crippen molar-refractivity contribution in [3.63, 3.8) is 0 Å². The van der Waals surface area contributed by atoms with Crippen LogP contribution < -0.4 is 5.32 Å². The monoisotopic (exact) mass is 340 g/mol. The first-order chi connectivity index (χ1) is 10.9. The molecule has 1 aromatic rings. The number of nitrogens with zero attached hydrogens (tertiary/aromatic N) is 1. The molecule has 1 heterocycles. The molecule has 1 aliphatic rings. The average molecular weight is 340 g/mol. The van der Waals surface area contributed by atoms with Crippen LogP contribution in [0.25, 0.3) is 0 Å². The van der Waals surface area contributed by atoms with Crippen molar-refractivity contribution in [3.8, 4) is 0 Å². The lowest BCUT2D eigenvalue weighted by atomic mass is 10.1. The van der Waals surface area contributed by atoms with Crippen molar-refractivity contribution < 1.29 is 17.9 Å². The van der Waals surface area contributed by atoms with E-state index in [4.69, 9.17) is 4.74 Å². The minimum Gasteiger partial charge on any atom is -0.377 e. The molecule has 0 radical (unpaired) electrons. The Bertz CT molecular complexity index is 639. The summed E-state index contributed by atoms with van der Waals surface area (Å²) >= 11 is 0. The van der Waals surface area contributed by atoms with Crippen LogP contribution in [0.4, 0.5) is 5.69 Å². The number of hydrogen-bond donors (Lipinski definition) is 1. The topological polar surface area (TPSA) is 75.7 Å². The van der Waals surface area contributed by atoms with E-state index in [1.807, 2.05) is 31.2 Å². The zero-order valence-electron chi connectivity index (χ0n) is 13.6. The Balaban J connectivity index is 2.02. The first-order valence-electron chi connectivity index (χ1n) is 7.84. The number of sulfonamides is 1. The van der Waals surface area contributed by atoms with Crippen molar-refractivity contribution >= 4 is 21.6 Å². The molecule has 1 aromatic carbocycles. The van der Waals surface area contributed by atoms with E-state index >= 15 is 0 Å². The molecule has 0 bridgehead atoms. The summed E-state index contributed by atoms with van der Waals surface area (Å²) in [6, 6.07) is 7.52. The number of carbonyl (C=O) groups is 1. The molecule has 1 atom stereocenters. The van der Waals surface area contributed by atoms with Gasteiger partial charge in [-0.15, -0.1) is 0 Å². The molecule has 1 unspecified atom stereocenters. The van der Waals surface area contributed by atoms with Crippen molar-refractivity contribution in [1.29, 1.82) is 0 Å². The van der Waals surface area contributed by atoms with Crippen LogP contribution in [0.15, 0.2) is 24.3 Å². The highest BCUT2D eigenvalue weighted by Gasteiger charge is 2.26. The molecule has 2 rings (SSSR count). The normalized spacial score (nSPS) is 18.3. The molecular weight excluding hydrogens is 316 g/mol. The van der Waals surface area contributed by atoms with Gasteiger partial charge in [0.2, 0.25) is 15.9 Å². The average Bonchev–Trinajstić information content (AvgIpc) is 2.99. The number of anilines is 1. The van der Waals surface area contributed by atoms with E-state index in [1.54, 1.807) is 0 Å². The van der Waals surface area contributed by atoms with Gasteiger partial charge in [-0.1, -0.05) is 25.1 Å². The van der Waals surface area contributed by atoms with Gasteiger partial charge >= 0.3 is 0 Å². The summed E-state index contributed by atoms with van der Waals surface area (Å²) in [6.07, 6.45) is 3.54. The SMILES string of the molecule is CCc1ccccc1NC(=O)CN(CC1CCCO1)S(C)(=O)=O. The van der Waals surface area contributed by atoms with Gasteiger partial charge in [0, 0.05) is 18.8 Å². The molecule has 1 amide bonds. The summed E-state index contributed by atoms with van der Waals surface area (Å²) in [5.74, 6) is -0.339. The molecule has 23 heavy (non-hydrogen) atoms. The van der Waals surface area contributed by atoms with Gasteiger partial charge in [-0.2, -0.15) is 4.31 Å². The maximum atomic E-state index is 12.3. The predicted octanol–water partition coefficient (Wildman–Crippen LogP) is 1.63. The molecule has 128 valence electrons. The lowest BCUT2D eigenvalue weighted by molar-refractivity contribution is -0.116. The van der Waals surface area contributed by atoms with Gasteiger partial charge < -0.3 is 10.1 Å². The molecule has 6 nitrogen and oxygen atoms in total. The fourth-order valence-electron chi connectivity index (χ4n) is 2.63. The number of hydrogen-bond acceptors (Lipinski definition) is 4. The van der Waals surface area contributed by atoms with Crippen molar-refractivity contribution in [2.45, 2.75) is 32.3 Å². The van der Waals surface area contributed by atoms with E-state index in [0.717, 1.165) is 36.8 Å². The number of benzene rings is 1. The molecule has 0 spiro atoms. The van der Waals surface area contributed by atoms with Crippen LogP contribution in [0, 0.1) is 0 Å². The van der Waals surface area contributed by atoms with E-state index in [-0.39, 0.29) is 25.1 Å². The largest absolute Gasteiger partial charge is 0.377 e. The maximum Gasteiger partial charge on any atom is 0.239 e. The predicted molar refractivity (Wildman–Crippen MR) is 89.8 cm³/mol. The molecule has 7 heteroatoms. The minimum absolute atomic E-state index is 0.125. The first-order valence-corrected chi connectivity index (χ1v) is 9.69.